The van der Waals surface area contributed by atoms with E-state index in [1.165, 1.54) is 12.8 Å². The van der Waals surface area contributed by atoms with E-state index in [0.29, 0.717) is 11.1 Å². The first kappa shape index (κ1) is 15.4. The Bertz CT molecular complexity index is 464. The molecule has 1 atom stereocenters. The van der Waals surface area contributed by atoms with E-state index < -0.39 is 11.6 Å². The molecule has 0 amide bonds. The molecule has 1 aliphatic carbocycles. The second-order valence-corrected chi connectivity index (χ2v) is 6.37. The summed E-state index contributed by atoms with van der Waals surface area (Å²) in [6.07, 6.45) is 5.61. The van der Waals surface area contributed by atoms with Crippen molar-refractivity contribution in [2.24, 2.45) is 5.41 Å². The van der Waals surface area contributed by atoms with Gasteiger partial charge >= 0.3 is 0 Å². The van der Waals surface area contributed by atoms with Crippen LogP contribution < -0.4 is 5.32 Å². The number of benzene rings is 1. The van der Waals surface area contributed by atoms with E-state index in [1.54, 1.807) is 13.0 Å². The fourth-order valence-electron chi connectivity index (χ4n) is 3.39. The number of rotatable bonds is 5. The number of nitrogens with one attached hydrogen (secondary N) is 1. The van der Waals surface area contributed by atoms with Crippen LogP contribution in [-0.2, 0) is 0 Å². The maximum atomic E-state index is 14.3. The van der Waals surface area contributed by atoms with Crippen LogP contribution in [0.25, 0.3) is 0 Å². The molecular formula is C17H25F2N. The van der Waals surface area contributed by atoms with Gasteiger partial charge in [0.2, 0.25) is 0 Å². The second kappa shape index (κ2) is 6.21. The minimum Gasteiger partial charge on any atom is -0.309 e. The highest BCUT2D eigenvalue weighted by Gasteiger charge is 2.38. The molecule has 1 aromatic rings. The van der Waals surface area contributed by atoms with Crippen LogP contribution in [0.1, 0.15) is 63.1 Å². The SMILES string of the molecule is CCCNC(c1cc(C)c(F)cc1F)C1(C)CCCC1. The minimum atomic E-state index is -0.461. The van der Waals surface area contributed by atoms with Gasteiger partial charge in [0.25, 0.3) is 0 Å². The van der Waals surface area contributed by atoms with Crippen molar-refractivity contribution in [3.63, 3.8) is 0 Å². The Balaban J connectivity index is 2.38. The molecule has 1 N–H and O–H groups in total. The van der Waals surface area contributed by atoms with Gasteiger partial charge in [0.05, 0.1) is 0 Å². The lowest BCUT2D eigenvalue weighted by molar-refractivity contribution is 0.218. The molecule has 0 aliphatic heterocycles. The molecule has 1 unspecified atom stereocenters. The molecule has 0 radical (unpaired) electrons. The molecule has 20 heavy (non-hydrogen) atoms. The van der Waals surface area contributed by atoms with Crippen molar-refractivity contribution in [1.82, 2.24) is 5.32 Å². The summed E-state index contributed by atoms with van der Waals surface area (Å²) in [4.78, 5) is 0. The first-order valence-electron chi connectivity index (χ1n) is 7.67. The van der Waals surface area contributed by atoms with Crippen LogP contribution in [-0.4, -0.2) is 6.54 Å². The minimum absolute atomic E-state index is 0.0238. The smallest absolute Gasteiger partial charge is 0.130 e. The fraction of sp³-hybridized carbons (Fsp3) is 0.647. The van der Waals surface area contributed by atoms with Crippen molar-refractivity contribution in [2.45, 2.75) is 58.9 Å². The largest absolute Gasteiger partial charge is 0.309 e. The normalized spacial score (nSPS) is 19.2. The van der Waals surface area contributed by atoms with Gasteiger partial charge in [0, 0.05) is 17.7 Å². The molecule has 3 heteroatoms. The molecule has 1 aliphatic rings. The van der Waals surface area contributed by atoms with Crippen LogP contribution in [0.3, 0.4) is 0 Å². The van der Waals surface area contributed by atoms with Crippen LogP contribution in [0.5, 0.6) is 0 Å². The highest BCUT2D eigenvalue weighted by Crippen LogP contribution is 2.47. The van der Waals surface area contributed by atoms with Crippen molar-refractivity contribution in [3.05, 3.63) is 34.9 Å². The Kier molecular flexibility index (Phi) is 4.79. The van der Waals surface area contributed by atoms with Gasteiger partial charge in [-0.05, 0) is 49.8 Å². The quantitative estimate of drug-likeness (QED) is 0.810. The van der Waals surface area contributed by atoms with Crippen LogP contribution in [0, 0.1) is 24.0 Å². The number of aryl methyl sites for hydroxylation is 1. The first-order valence-corrected chi connectivity index (χ1v) is 7.67. The lowest BCUT2D eigenvalue weighted by Gasteiger charge is -2.36. The van der Waals surface area contributed by atoms with Crippen molar-refractivity contribution in [1.29, 1.82) is 0 Å². The van der Waals surface area contributed by atoms with E-state index in [-0.39, 0.29) is 11.5 Å². The van der Waals surface area contributed by atoms with Gasteiger partial charge in [-0.2, -0.15) is 0 Å². The molecule has 0 heterocycles. The average molecular weight is 281 g/mol. The van der Waals surface area contributed by atoms with Gasteiger partial charge in [-0.25, -0.2) is 8.78 Å². The van der Waals surface area contributed by atoms with Crippen LogP contribution in [0.4, 0.5) is 8.78 Å². The van der Waals surface area contributed by atoms with E-state index in [4.69, 9.17) is 0 Å². The van der Waals surface area contributed by atoms with Crippen LogP contribution >= 0.6 is 0 Å². The number of halogens is 2. The highest BCUT2D eigenvalue weighted by atomic mass is 19.1. The standard InChI is InChI=1S/C17H25F2N/c1-4-9-20-16(17(3)7-5-6-8-17)13-10-12(2)14(18)11-15(13)19/h10-11,16,20H,4-9H2,1-3H3. The Morgan fingerprint density at radius 2 is 1.85 bits per heavy atom. The third kappa shape index (κ3) is 3.03. The zero-order valence-corrected chi connectivity index (χ0v) is 12.7. The zero-order valence-electron chi connectivity index (χ0n) is 12.7. The van der Waals surface area contributed by atoms with Gasteiger partial charge < -0.3 is 5.32 Å². The number of hydrogen-bond donors (Lipinski definition) is 1. The lowest BCUT2D eigenvalue weighted by Crippen LogP contribution is -2.35. The van der Waals surface area contributed by atoms with E-state index in [9.17, 15) is 8.78 Å². The van der Waals surface area contributed by atoms with E-state index in [0.717, 1.165) is 31.9 Å². The van der Waals surface area contributed by atoms with E-state index >= 15 is 0 Å². The van der Waals surface area contributed by atoms with Crippen molar-refractivity contribution in [3.8, 4) is 0 Å². The van der Waals surface area contributed by atoms with Crippen molar-refractivity contribution >= 4 is 0 Å². The molecule has 1 fully saturated rings. The van der Waals surface area contributed by atoms with Gasteiger partial charge in [0.15, 0.2) is 0 Å². The molecule has 0 bridgehead atoms. The Hall–Kier alpha value is -0.960. The summed E-state index contributed by atoms with van der Waals surface area (Å²) in [5.41, 5.74) is 1.22. The van der Waals surface area contributed by atoms with Crippen molar-refractivity contribution < 1.29 is 8.78 Å². The van der Waals surface area contributed by atoms with Gasteiger partial charge in [-0.3, -0.25) is 0 Å². The zero-order chi connectivity index (χ0) is 14.8. The van der Waals surface area contributed by atoms with Gasteiger partial charge in [-0.1, -0.05) is 26.7 Å². The van der Waals surface area contributed by atoms with E-state index in [2.05, 4.69) is 19.2 Å². The predicted molar refractivity (Wildman–Crippen MR) is 78.7 cm³/mol. The van der Waals surface area contributed by atoms with Gasteiger partial charge in [-0.15, -0.1) is 0 Å². The third-order valence-corrected chi connectivity index (χ3v) is 4.63. The summed E-state index contributed by atoms with van der Waals surface area (Å²) in [5.74, 6) is -0.883. The summed E-state index contributed by atoms with van der Waals surface area (Å²) >= 11 is 0. The maximum Gasteiger partial charge on any atom is 0.130 e. The predicted octanol–water partition coefficient (Wildman–Crippen LogP) is 4.89. The average Bonchev–Trinajstić information content (AvgIpc) is 2.83. The molecule has 112 valence electrons. The summed E-state index contributed by atoms with van der Waals surface area (Å²) in [7, 11) is 0. The van der Waals surface area contributed by atoms with Crippen LogP contribution in [0.2, 0.25) is 0 Å². The second-order valence-electron chi connectivity index (χ2n) is 6.37. The molecule has 0 saturated heterocycles. The monoisotopic (exact) mass is 281 g/mol. The first-order chi connectivity index (χ1) is 9.48. The molecule has 0 spiro atoms. The molecule has 0 aromatic heterocycles. The van der Waals surface area contributed by atoms with Crippen molar-refractivity contribution in [2.75, 3.05) is 6.54 Å². The molecular weight excluding hydrogens is 256 g/mol. The summed E-state index contributed by atoms with van der Waals surface area (Å²) in [5, 5.41) is 3.49. The summed E-state index contributed by atoms with van der Waals surface area (Å²) in [6.45, 7) is 6.89. The van der Waals surface area contributed by atoms with E-state index in [1.807, 2.05) is 0 Å². The highest BCUT2D eigenvalue weighted by molar-refractivity contribution is 5.30. The fourth-order valence-corrected chi connectivity index (χ4v) is 3.39. The molecule has 2 rings (SSSR count). The maximum absolute atomic E-state index is 14.3. The summed E-state index contributed by atoms with van der Waals surface area (Å²) in [6, 6.07) is 2.69. The summed E-state index contributed by atoms with van der Waals surface area (Å²) < 4.78 is 27.7. The third-order valence-electron chi connectivity index (χ3n) is 4.63. The Labute approximate surface area is 120 Å². The Morgan fingerprint density at radius 1 is 1.20 bits per heavy atom. The van der Waals surface area contributed by atoms with Gasteiger partial charge in [0.1, 0.15) is 11.6 Å². The molecule has 1 nitrogen and oxygen atoms in total. The Morgan fingerprint density at radius 3 is 2.45 bits per heavy atom. The number of hydrogen-bond acceptors (Lipinski definition) is 1. The van der Waals surface area contributed by atoms with Crippen LogP contribution in [0.15, 0.2) is 12.1 Å². The molecule has 1 aromatic carbocycles. The topological polar surface area (TPSA) is 12.0 Å². The molecule has 1 saturated carbocycles. The lowest BCUT2D eigenvalue weighted by atomic mass is 9.76.